The van der Waals surface area contributed by atoms with Crippen molar-refractivity contribution >= 4 is 12.0 Å². The molecule has 1 atom stereocenters. The van der Waals surface area contributed by atoms with Gasteiger partial charge in [0.05, 0.1) is 10.9 Å². The van der Waals surface area contributed by atoms with E-state index < -0.39 is 19.5 Å². The lowest BCUT2D eigenvalue weighted by molar-refractivity contribution is 0.451. The monoisotopic (exact) mass is 236 g/mol. The molecule has 1 unspecified atom stereocenters. The van der Waals surface area contributed by atoms with Gasteiger partial charge in [-0.25, -0.2) is 13.6 Å². The van der Waals surface area contributed by atoms with E-state index >= 15 is 0 Å². The first-order chi connectivity index (χ1) is 8.21. The molecule has 0 aliphatic carbocycles. The fraction of sp³-hybridized carbons (Fsp3) is 0.250. The van der Waals surface area contributed by atoms with Gasteiger partial charge in [0.15, 0.2) is 0 Å². The number of hydrogen-bond donors (Lipinski definition) is 1. The first-order valence-corrected chi connectivity index (χ1v) is 5.04. The van der Waals surface area contributed by atoms with Crippen molar-refractivity contribution in [1.82, 2.24) is 0 Å². The molecule has 88 valence electrons. The van der Waals surface area contributed by atoms with Crippen LogP contribution in [0, 0.1) is 0 Å². The van der Waals surface area contributed by atoms with Gasteiger partial charge < -0.3 is 5.73 Å². The second-order valence-electron chi connectivity index (χ2n) is 3.68. The SMILES string of the molecule is NC1N=c2c(CF)c(CF)ccc2=CC1=C=O. The van der Waals surface area contributed by atoms with Crippen molar-refractivity contribution in [3.63, 3.8) is 0 Å². The fourth-order valence-corrected chi connectivity index (χ4v) is 1.79. The predicted molar refractivity (Wildman–Crippen MR) is 58.5 cm³/mol. The molecule has 0 saturated carbocycles. The van der Waals surface area contributed by atoms with Gasteiger partial charge in [-0.05, 0) is 11.6 Å². The maximum atomic E-state index is 12.9. The molecule has 17 heavy (non-hydrogen) atoms. The number of nitrogens with zero attached hydrogens (tertiary/aromatic N) is 1. The third-order valence-electron chi connectivity index (χ3n) is 2.70. The Labute approximate surface area is 96.0 Å². The molecule has 5 heteroatoms. The normalized spacial score (nSPS) is 17.8. The van der Waals surface area contributed by atoms with Crippen LogP contribution in [0.1, 0.15) is 11.1 Å². The first kappa shape index (κ1) is 11.6. The number of fused-ring (bicyclic) bond motifs is 1. The van der Waals surface area contributed by atoms with E-state index in [0.717, 1.165) is 0 Å². The van der Waals surface area contributed by atoms with Crippen LogP contribution in [-0.2, 0) is 18.1 Å². The standard InChI is InChI=1S/C12H10F2N2O/c13-4-8-2-1-7-3-9(6-17)12(15)16-11(7)10(8)5-14/h1-3,12H,4-5,15H2. The van der Waals surface area contributed by atoms with Crippen LogP contribution >= 0.6 is 0 Å². The van der Waals surface area contributed by atoms with E-state index in [0.29, 0.717) is 10.6 Å². The molecule has 0 fully saturated rings. The van der Waals surface area contributed by atoms with Crippen LogP contribution in [0.5, 0.6) is 0 Å². The largest absolute Gasteiger partial charge is 0.305 e. The number of nitrogens with two attached hydrogens (primary N) is 1. The summed E-state index contributed by atoms with van der Waals surface area (Å²) >= 11 is 0. The minimum absolute atomic E-state index is 0.196. The van der Waals surface area contributed by atoms with Crippen molar-refractivity contribution in [3.05, 3.63) is 39.4 Å². The molecule has 0 amide bonds. The summed E-state index contributed by atoms with van der Waals surface area (Å²) in [5.41, 5.74) is 6.26. The van der Waals surface area contributed by atoms with Crippen LogP contribution in [-0.4, -0.2) is 12.1 Å². The van der Waals surface area contributed by atoms with Crippen LogP contribution in [0.2, 0.25) is 0 Å². The van der Waals surface area contributed by atoms with E-state index in [1.165, 1.54) is 12.1 Å². The summed E-state index contributed by atoms with van der Waals surface area (Å²) < 4.78 is 25.6. The highest BCUT2D eigenvalue weighted by Gasteiger charge is 2.14. The molecule has 0 spiro atoms. The molecule has 3 nitrogen and oxygen atoms in total. The lowest BCUT2D eigenvalue weighted by Crippen LogP contribution is -2.39. The van der Waals surface area contributed by atoms with Crippen molar-refractivity contribution in [2.75, 3.05) is 0 Å². The number of halogens is 2. The van der Waals surface area contributed by atoms with E-state index in [9.17, 15) is 13.6 Å². The molecule has 0 bridgehead atoms. The molecule has 1 heterocycles. The van der Waals surface area contributed by atoms with E-state index in [1.807, 2.05) is 0 Å². The zero-order valence-electron chi connectivity index (χ0n) is 8.91. The molecule has 0 saturated heterocycles. The smallest absolute Gasteiger partial charge is 0.134 e. The Bertz CT molecular complexity index is 618. The van der Waals surface area contributed by atoms with Gasteiger partial charge in [0.1, 0.15) is 25.5 Å². The van der Waals surface area contributed by atoms with E-state index in [-0.39, 0.29) is 16.7 Å². The molecule has 0 radical (unpaired) electrons. The lowest BCUT2D eigenvalue weighted by Gasteiger charge is -2.12. The third-order valence-corrected chi connectivity index (χ3v) is 2.70. The van der Waals surface area contributed by atoms with Crippen molar-refractivity contribution < 1.29 is 13.6 Å². The minimum Gasteiger partial charge on any atom is -0.305 e. The van der Waals surface area contributed by atoms with Gasteiger partial charge in [0.2, 0.25) is 0 Å². The summed E-state index contributed by atoms with van der Waals surface area (Å²) in [7, 11) is 0. The van der Waals surface area contributed by atoms with Crippen LogP contribution in [0.15, 0.2) is 22.7 Å². The summed E-state index contributed by atoms with van der Waals surface area (Å²) in [5, 5.41) is 0.893. The maximum absolute atomic E-state index is 12.9. The summed E-state index contributed by atoms with van der Waals surface area (Å²) in [5.74, 6) is 1.69. The average Bonchev–Trinajstić information content (AvgIpc) is 2.36. The van der Waals surface area contributed by atoms with Crippen LogP contribution in [0.4, 0.5) is 8.78 Å². The van der Waals surface area contributed by atoms with Gasteiger partial charge in [0, 0.05) is 10.8 Å². The zero-order chi connectivity index (χ0) is 12.4. The Morgan fingerprint density at radius 2 is 2.12 bits per heavy atom. The highest BCUT2D eigenvalue weighted by Crippen LogP contribution is 2.08. The van der Waals surface area contributed by atoms with Gasteiger partial charge in [-0.1, -0.05) is 12.1 Å². The van der Waals surface area contributed by atoms with Gasteiger partial charge >= 0.3 is 0 Å². The number of alkyl halides is 2. The average molecular weight is 236 g/mol. The quantitative estimate of drug-likeness (QED) is 0.739. The van der Waals surface area contributed by atoms with Crippen LogP contribution < -0.4 is 16.3 Å². The molecular weight excluding hydrogens is 226 g/mol. The Balaban J connectivity index is 2.82. The molecule has 1 aromatic carbocycles. The number of rotatable bonds is 2. The number of carbonyl (C=O) groups excluding carboxylic acids is 1. The molecule has 1 aromatic rings. The Morgan fingerprint density at radius 1 is 1.35 bits per heavy atom. The number of benzene rings is 1. The van der Waals surface area contributed by atoms with E-state index in [2.05, 4.69) is 4.99 Å². The zero-order valence-corrected chi connectivity index (χ0v) is 8.91. The molecular formula is C12H10F2N2O. The second-order valence-corrected chi connectivity index (χ2v) is 3.68. The second kappa shape index (κ2) is 4.57. The summed E-state index contributed by atoms with van der Waals surface area (Å²) in [4.78, 5) is 14.6. The Hall–Kier alpha value is -1.84. The van der Waals surface area contributed by atoms with Crippen LogP contribution in [0.25, 0.3) is 6.08 Å². The highest BCUT2D eigenvalue weighted by molar-refractivity contribution is 5.70. The Morgan fingerprint density at radius 3 is 2.71 bits per heavy atom. The Kier molecular flexibility index (Phi) is 3.13. The maximum Gasteiger partial charge on any atom is 0.134 e. The summed E-state index contributed by atoms with van der Waals surface area (Å²) in [6, 6.07) is 3.08. The van der Waals surface area contributed by atoms with Gasteiger partial charge in [-0.3, -0.25) is 4.99 Å². The predicted octanol–water partition coefficient (Wildman–Crippen LogP) is 0.0821. The fourth-order valence-electron chi connectivity index (χ4n) is 1.79. The molecule has 1 aliphatic heterocycles. The summed E-state index contributed by atoms with van der Waals surface area (Å²) in [6.45, 7) is -1.57. The third kappa shape index (κ3) is 1.90. The summed E-state index contributed by atoms with van der Waals surface area (Å²) in [6.07, 6.45) is 0.640. The molecule has 0 aromatic heterocycles. The molecule has 2 rings (SSSR count). The van der Waals surface area contributed by atoms with E-state index in [1.54, 1.807) is 12.0 Å². The highest BCUT2D eigenvalue weighted by atomic mass is 19.1. The lowest BCUT2D eigenvalue weighted by atomic mass is 10.0. The van der Waals surface area contributed by atoms with Crippen molar-refractivity contribution in [2.24, 2.45) is 10.7 Å². The first-order valence-electron chi connectivity index (χ1n) is 5.04. The molecule has 2 N–H and O–H groups in total. The van der Waals surface area contributed by atoms with E-state index in [4.69, 9.17) is 5.73 Å². The van der Waals surface area contributed by atoms with Crippen molar-refractivity contribution in [2.45, 2.75) is 19.5 Å². The van der Waals surface area contributed by atoms with Crippen molar-refractivity contribution in [3.8, 4) is 0 Å². The molecule has 1 aliphatic rings. The number of hydrogen-bond acceptors (Lipinski definition) is 3. The van der Waals surface area contributed by atoms with Crippen LogP contribution in [0.3, 0.4) is 0 Å². The van der Waals surface area contributed by atoms with Gasteiger partial charge in [0.25, 0.3) is 0 Å². The minimum atomic E-state index is -0.861. The van der Waals surface area contributed by atoms with Gasteiger partial charge in [-0.15, -0.1) is 0 Å². The van der Waals surface area contributed by atoms with Crippen molar-refractivity contribution in [1.29, 1.82) is 0 Å². The topological polar surface area (TPSA) is 55.4 Å². The van der Waals surface area contributed by atoms with Gasteiger partial charge in [-0.2, -0.15) is 0 Å².